The summed E-state index contributed by atoms with van der Waals surface area (Å²) in [5.74, 6) is 0.552. The lowest BCUT2D eigenvalue weighted by atomic mass is 9.88. The second-order valence-electron chi connectivity index (χ2n) is 7.19. The molecule has 3 aromatic heterocycles. The van der Waals surface area contributed by atoms with Gasteiger partial charge in [-0.05, 0) is 49.1 Å². The number of hydrogen-bond acceptors (Lipinski definition) is 6. The molecule has 1 aliphatic carbocycles. The molecule has 0 aliphatic heterocycles. The molecule has 0 saturated carbocycles. The number of nitrogens with zero attached hydrogens (tertiary/aromatic N) is 3. The number of hydrogen-bond donors (Lipinski definition) is 3. The number of aromatic nitrogens is 5. The first-order valence-corrected chi connectivity index (χ1v) is 9.52. The van der Waals surface area contributed by atoms with Gasteiger partial charge in [0.1, 0.15) is 17.8 Å². The Morgan fingerprint density at radius 1 is 1.28 bits per heavy atom. The third-order valence-corrected chi connectivity index (χ3v) is 5.42. The van der Waals surface area contributed by atoms with Crippen LogP contribution in [0.15, 0.2) is 42.9 Å². The first-order valence-electron chi connectivity index (χ1n) is 9.52. The summed E-state index contributed by atoms with van der Waals surface area (Å²) in [6, 6.07) is 8.06. The van der Waals surface area contributed by atoms with Gasteiger partial charge in [-0.15, -0.1) is 0 Å². The number of H-pyrrole nitrogens is 2. The monoisotopic (exact) mass is 388 g/mol. The number of aromatic amines is 2. The van der Waals surface area contributed by atoms with Gasteiger partial charge in [0.15, 0.2) is 0 Å². The fourth-order valence-corrected chi connectivity index (χ4v) is 3.83. The molecule has 1 aliphatic rings. The largest absolute Gasteiger partial charge is 0.469 e. The Bertz CT molecular complexity index is 1240. The highest BCUT2D eigenvalue weighted by molar-refractivity contribution is 5.93. The lowest BCUT2D eigenvalue weighted by molar-refractivity contribution is -0.145. The SMILES string of the molecule is COC(=O)C1CC=C(c2cc3c(Nc4ccc5[nH]ncc5c4)ncnc3[nH]2)CC1. The van der Waals surface area contributed by atoms with E-state index in [9.17, 15) is 4.79 Å². The fraction of sp³-hybridized carbons (Fsp3) is 0.238. The Morgan fingerprint density at radius 3 is 3.03 bits per heavy atom. The molecule has 3 N–H and O–H groups in total. The van der Waals surface area contributed by atoms with Crippen molar-refractivity contribution in [1.82, 2.24) is 25.1 Å². The number of nitrogens with one attached hydrogen (secondary N) is 3. The van der Waals surface area contributed by atoms with Gasteiger partial charge < -0.3 is 15.0 Å². The summed E-state index contributed by atoms with van der Waals surface area (Å²) in [6.07, 6.45) is 7.75. The van der Waals surface area contributed by atoms with E-state index in [0.29, 0.717) is 6.42 Å². The molecule has 146 valence electrons. The zero-order valence-corrected chi connectivity index (χ0v) is 15.9. The number of esters is 1. The van der Waals surface area contributed by atoms with Gasteiger partial charge in [-0.2, -0.15) is 5.10 Å². The standard InChI is InChI=1S/C21H20N6O2/c1-29-21(28)13-4-2-12(3-5-13)18-9-16-19(22-11-23-20(16)26-18)25-15-6-7-17-14(8-15)10-24-27-17/h2,6-11,13H,3-5H2,1H3,(H,24,27)(H2,22,23,25,26). The third kappa shape index (κ3) is 3.22. The Hall–Kier alpha value is -3.68. The number of ether oxygens (including phenoxy) is 1. The molecule has 4 aromatic rings. The van der Waals surface area contributed by atoms with Gasteiger partial charge in [0.05, 0.1) is 30.1 Å². The maximum atomic E-state index is 11.7. The number of rotatable bonds is 4. The van der Waals surface area contributed by atoms with Gasteiger partial charge >= 0.3 is 5.97 Å². The second kappa shape index (κ2) is 7.05. The van der Waals surface area contributed by atoms with Gasteiger partial charge in [0, 0.05) is 16.8 Å². The van der Waals surface area contributed by atoms with Crippen molar-refractivity contribution in [3.05, 3.63) is 48.6 Å². The van der Waals surface area contributed by atoms with E-state index in [1.807, 2.05) is 18.2 Å². The summed E-state index contributed by atoms with van der Waals surface area (Å²) in [7, 11) is 1.44. The highest BCUT2D eigenvalue weighted by Gasteiger charge is 2.23. The molecule has 0 bridgehead atoms. The summed E-state index contributed by atoms with van der Waals surface area (Å²) >= 11 is 0. The van der Waals surface area contributed by atoms with E-state index in [1.54, 1.807) is 12.5 Å². The molecule has 1 unspecified atom stereocenters. The van der Waals surface area contributed by atoms with Gasteiger partial charge in [-0.25, -0.2) is 9.97 Å². The molecule has 0 fully saturated rings. The van der Waals surface area contributed by atoms with Gasteiger partial charge in [0.2, 0.25) is 0 Å². The molecule has 8 heteroatoms. The van der Waals surface area contributed by atoms with E-state index in [-0.39, 0.29) is 11.9 Å². The Kier molecular flexibility index (Phi) is 4.23. The van der Waals surface area contributed by atoms with Crippen molar-refractivity contribution in [3.8, 4) is 0 Å². The number of methoxy groups -OCH3 is 1. The highest BCUT2D eigenvalue weighted by Crippen LogP contribution is 2.33. The molecule has 29 heavy (non-hydrogen) atoms. The maximum absolute atomic E-state index is 11.7. The zero-order valence-electron chi connectivity index (χ0n) is 15.9. The minimum absolute atomic E-state index is 0.0528. The summed E-state index contributed by atoms with van der Waals surface area (Å²) in [5.41, 5.74) is 4.89. The van der Waals surface area contributed by atoms with Crippen molar-refractivity contribution >= 4 is 45.0 Å². The number of carbonyl (C=O) groups excluding carboxylic acids is 1. The van der Waals surface area contributed by atoms with E-state index in [4.69, 9.17) is 4.74 Å². The highest BCUT2D eigenvalue weighted by atomic mass is 16.5. The number of allylic oxidation sites excluding steroid dienone is 2. The minimum Gasteiger partial charge on any atom is -0.469 e. The van der Waals surface area contributed by atoms with Crippen LogP contribution in [-0.2, 0) is 9.53 Å². The lowest BCUT2D eigenvalue weighted by Gasteiger charge is -2.19. The Labute approximate surface area is 166 Å². The van der Waals surface area contributed by atoms with E-state index in [0.717, 1.165) is 52.0 Å². The lowest BCUT2D eigenvalue weighted by Crippen LogP contribution is -2.18. The van der Waals surface area contributed by atoms with Crippen molar-refractivity contribution in [1.29, 1.82) is 0 Å². The summed E-state index contributed by atoms with van der Waals surface area (Å²) in [5, 5.41) is 12.3. The van der Waals surface area contributed by atoms with Crippen LogP contribution in [0.1, 0.15) is 25.0 Å². The Morgan fingerprint density at radius 2 is 2.21 bits per heavy atom. The molecule has 0 amide bonds. The summed E-state index contributed by atoms with van der Waals surface area (Å²) in [6.45, 7) is 0. The molecular formula is C21H20N6O2. The minimum atomic E-state index is -0.135. The number of anilines is 2. The normalized spacial score (nSPS) is 16.7. The van der Waals surface area contributed by atoms with Crippen LogP contribution in [0.5, 0.6) is 0 Å². The van der Waals surface area contributed by atoms with Gasteiger partial charge in [0.25, 0.3) is 0 Å². The predicted octanol–water partition coefficient (Wildman–Crippen LogP) is 3.93. The van der Waals surface area contributed by atoms with Crippen molar-refractivity contribution in [2.45, 2.75) is 19.3 Å². The number of benzene rings is 1. The van der Waals surface area contributed by atoms with Crippen molar-refractivity contribution in [2.24, 2.45) is 5.92 Å². The van der Waals surface area contributed by atoms with Crippen LogP contribution in [-0.4, -0.2) is 38.2 Å². The van der Waals surface area contributed by atoms with Crippen LogP contribution in [0, 0.1) is 5.92 Å². The van der Waals surface area contributed by atoms with Crippen molar-refractivity contribution < 1.29 is 9.53 Å². The van der Waals surface area contributed by atoms with Crippen LogP contribution in [0.4, 0.5) is 11.5 Å². The van der Waals surface area contributed by atoms with E-state index >= 15 is 0 Å². The van der Waals surface area contributed by atoms with Crippen molar-refractivity contribution in [3.63, 3.8) is 0 Å². The molecule has 5 rings (SSSR count). The van der Waals surface area contributed by atoms with Gasteiger partial charge in [-0.1, -0.05) is 6.08 Å². The predicted molar refractivity (Wildman–Crippen MR) is 111 cm³/mol. The average molecular weight is 388 g/mol. The first-order chi connectivity index (χ1) is 14.2. The molecule has 1 atom stereocenters. The summed E-state index contributed by atoms with van der Waals surface area (Å²) in [4.78, 5) is 23.9. The van der Waals surface area contributed by atoms with Crippen LogP contribution in [0.2, 0.25) is 0 Å². The Balaban J connectivity index is 1.44. The van der Waals surface area contributed by atoms with Crippen molar-refractivity contribution in [2.75, 3.05) is 12.4 Å². The third-order valence-electron chi connectivity index (χ3n) is 5.42. The number of carbonyl (C=O) groups is 1. The zero-order chi connectivity index (χ0) is 19.8. The molecule has 1 aromatic carbocycles. The van der Waals surface area contributed by atoms with E-state index < -0.39 is 0 Å². The van der Waals surface area contributed by atoms with Gasteiger partial charge in [-0.3, -0.25) is 9.89 Å². The van der Waals surface area contributed by atoms with Crippen LogP contribution in [0.3, 0.4) is 0 Å². The van der Waals surface area contributed by atoms with Crippen LogP contribution < -0.4 is 5.32 Å². The summed E-state index contributed by atoms with van der Waals surface area (Å²) < 4.78 is 4.86. The molecule has 0 spiro atoms. The molecule has 0 radical (unpaired) electrons. The molecule has 0 saturated heterocycles. The van der Waals surface area contributed by atoms with Crippen LogP contribution in [0.25, 0.3) is 27.5 Å². The number of fused-ring (bicyclic) bond motifs is 2. The molecule has 8 nitrogen and oxygen atoms in total. The molecular weight excluding hydrogens is 368 g/mol. The van der Waals surface area contributed by atoms with Crippen LogP contribution >= 0.6 is 0 Å². The molecule has 3 heterocycles. The maximum Gasteiger partial charge on any atom is 0.308 e. The topological polar surface area (TPSA) is 109 Å². The fourth-order valence-electron chi connectivity index (χ4n) is 3.83. The average Bonchev–Trinajstić information content (AvgIpc) is 3.40. The second-order valence-corrected chi connectivity index (χ2v) is 7.19. The van der Waals surface area contributed by atoms with E-state index in [1.165, 1.54) is 12.7 Å². The first kappa shape index (κ1) is 17.4. The van der Waals surface area contributed by atoms with E-state index in [2.05, 4.69) is 42.6 Å². The quantitative estimate of drug-likeness (QED) is 0.457. The smallest absolute Gasteiger partial charge is 0.308 e.